The van der Waals surface area contributed by atoms with E-state index in [0.29, 0.717) is 23.4 Å². The molecular formula is C22H19FN2O4. The number of benzene rings is 2. The molecule has 0 spiro atoms. The van der Waals surface area contributed by atoms with Gasteiger partial charge in [-0.05, 0) is 55.7 Å². The number of methoxy groups -OCH3 is 1. The van der Waals surface area contributed by atoms with Crippen LogP contribution in [0.5, 0.6) is 5.75 Å². The molecule has 0 unspecified atom stereocenters. The van der Waals surface area contributed by atoms with Crippen molar-refractivity contribution < 1.29 is 23.5 Å². The molecule has 3 aromatic rings. The molecule has 0 saturated carbocycles. The summed E-state index contributed by atoms with van der Waals surface area (Å²) in [6.07, 6.45) is 2.39. The Morgan fingerprint density at radius 1 is 1.14 bits per heavy atom. The summed E-state index contributed by atoms with van der Waals surface area (Å²) in [6.45, 7) is -0.385. The second-order valence-corrected chi connectivity index (χ2v) is 6.75. The second kappa shape index (κ2) is 7.87. The van der Waals surface area contributed by atoms with Gasteiger partial charge >= 0.3 is 5.97 Å². The lowest BCUT2D eigenvalue weighted by Gasteiger charge is -2.06. The molecule has 0 atom stereocenters. The highest BCUT2D eigenvalue weighted by atomic mass is 19.1. The van der Waals surface area contributed by atoms with Crippen LogP contribution in [0.2, 0.25) is 0 Å². The summed E-state index contributed by atoms with van der Waals surface area (Å²) in [4.78, 5) is 25.0. The number of aromatic nitrogens is 2. The van der Waals surface area contributed by atoms with Gasteiger partial charge in [-0.25, -0.2) is 13.9 Å². The molecule has 0 saturated heterocycles. The number of esters is 1. The Hall–Kier alpha value is -3.48. The zero-order valence-electron chi connectivity index (χ0n) is 15.9. The summed E-state index contributed by atoms with van der Waals surface area (Å²) in [7, 11) is 1.52. The van der Waals surface area contributed by atoms with E-state index in [0.717, 1.165) is 24.1 Å². The molecule has 0 aliphatic heterocycles. The lowest BCUT2D eigenvalue weighted by molar-refractivity contribution is 0.0467. The third-order valence-electron chi connectivity index (χ3n) is 4.92. The number of ketones is 1. The molecule has 0 fully saturated rings. The molecule has 29 heavy (non-hydrogen) atoms. The Kier molecular flexibility index (Phi) is 5.12. The van der Waals surface area contributed by atoms with Crippen molar-refractivity contribution in [3.05, 3.63) is 76.9 Å². The van der Waals surface area contributed by atoms with E-state index >= 15 is 0 Å². The van der Waals surface area contributed by atoms with Crippen LogP contribution in [0.1, 0.15) is 38.5 Å². The molecule has 1 heterocycles. The Bertz CT molecular complexity index is 1070. The molecular weight excluding hydrogens is 375 g/mol. The van der Waals surface area contributed by atoms with Crippen LogP contribution < -0.4 is 4.74 Å². The maximum Gasteiger partial charge on any atom is 0.359 e. The number of ether oxygens (including phenoxy) is 2. The minimum atomic E-state index is -0.639. The summed E-state index contributed by atoms with van der Waals surface area (Å²) in [5.41, 5.74) is 3.03. The molecule has 0 radical (unpaired) electrons. The zero-order chi connectivity index (χ0) is 20.4. The van der Waals surface area contributed by atoms with E-state index < -0.39 is 5.97 Å². The Balaban J connectivity index is 1.52. The van der Waals surface area contributed by atoms with E-state index in [1.165, 1.54) is 19.2 Å². The third kappa shape index (κ3) is 3.76. The van der Waals surface area contributed by atoms with Gasteiger partial charge in [0.1, 0.15) is 11.6 Å². The summed E-state index contributed by atoms with van der Waals surface area (Å²) in [5.74, 6) is -0.751. The monoisotopic (exact) mass is 394 g/mol. The number of nitrogens with zero attached hydrogens (tertiary/aromatic N) is 2. The van der Waals surface area contributed by atoms with Crippen molar-refractivity contribution in [1.29, 1.82) is 0 Å². The number of fused-ring (bicyclic) bond motifs is 1. The van der Waals surface area contributed by atoms with Gasteiger partial charge in [-0.15, -0.1) is 0 Å². The van der Waals surface area contributed by atoms with Crippen molar-refractivity contribution in [2.45, 2.75) is 19.3 Å². The lowest BCUT2D eigenvalue weighted by Crippen LogP contribution is -2.16. The maximum absolute atomic E-state index is 13.2. The highest BCUT2D eigenvalue weighted by Gasteiger charge is 2.28. The van der Waals surface area contributed by atoms with Crippen LogP contribution in [0.15, 0.2) is 48.5 Å². The summed E-state index contributed by atoms with van der Waals surface area (Å²) < 4.78 is 25.2. The molecule has 0 bridgehead atoms. The van der Waals surface area contributed by atoms with E-state index in [2.05, 4.69) is 5.10 Å². The molecule has 1 aliphatic carbocycles. The number of carbonyl (C=O) groups excluding carboxylic acids is 2. The number of hydrogen-bond donors (Lipinski definition) is 0. The van der Waals surface area contributed by atoms with Gasteiger partial charge in [-0.2, -0.15) is 5.10 Å². The van der Waals surface area contributed by atoms with E-state index in [1.807, 2.05) is 0 Å². The Morgan fingerprint density at radius 3 is 2.69 bits per heavy atom. The molecule has 6 nitrogen and oxygen atoms in total. The fourth-order valence-electron chi connectivity index (χ4n) is 3.48. The lowest BCUT2D eigenvalue weighted by atomic mass is 10.1. The van der Waals surface area contributed by atoms with Crippen molar-refractivity contribution in [2.24, 2.45) is 0 Å². The fraction of sp³-hybridized carbons (Fsp3) is 0.227. The zero-order valence-corrected chi connectivity index (χ0v) is 15.9. The van der Waals surface area contributed by atoms with Gasteiger partial charge < -0.3 is 9.47 Å². The van der Waals surface area contributed by atoms with Crippen molar-refractivity contribution in [3.8, 4) is 11.4 Å². The standard InChI is InChI=1S/C22H19FN2O4/c1-28-17-5-2-4-14(12-17)20(26)13-29-22(27)21-18-6-3-7-19(18)25(24-21)16-10-8-15(23)9-11-16/h2,4-5,8-12H,3,6-7,13H2,1H3. The average molecular weight is 394 g/mol. The van der Waals surface area contributed by atoms with Crippen molar-refractivity contribution in [2.75, 3.05) is 13.7 Å². The van der Waals surface area contributed by atoms with Gasteiger partial charge in [0, 0.05) is 16.8 Å². The normalized spacial score (nSPS) is 12.5. The topological polar surface area (TPSA) is 70.4 Å². The van der Waals surface area contributed by atoms with Gasteiger partial charge in [0.05, 0.1) is 12.8 Å². The molecule has 148 valence electrons. The molecule has 0 amide bonds. The fourth-order valence-corrected chi connectivity index (χ4v) is 3.48. The number of Topliss-reactive ketones (excluding diaryl/α,β-unsaturated/α-hetero) is 1. The first-order valence-corrected chi connectivity index (χ1v) is 9.28. The minimum Gasteiger partial charge on any atom is -0.497 e. The molecule has 0 N–H and O–H groups in total. The van der Waals surface area contributed by atoms with Gasteiger partial charge in [-0.3, -0.25) is 4.79 Å². The van der Waals surface area contributed by atoms with Crippen molar-refractivity contribution in [3.63, 3.8) is 0 Å². The van der Waals surface area contributed by atoms with E-state index in [1.54, 1.807) is 41.1 Å². The first-order chi connectivity index (χ1) is 14.1. The van der Waals surface area contributed by atoms with Crippen molar-refractivity contribution >= 4 is 11.8 Å². The largest absolute Gasteiger partial charge is 0.497 e. The smallest absolute Gasteiger partial charge is 0.359 e. The quantitative estimate of drug-likeness (QED) is 0.472. The first-order valence-electron chi connectivity index (χ1n) is 9.28. The van der Waals surface area contributed by atoms with Crippen LogP contribution in [-0.2, 0) is 17.6 Å². The van der Waals surface area contributed by atoms with Gasteiger partial charge in [0.25, 0.3) is 0 Å². The third-order valence-corrected chi connectivity index (χ3v) is 4.92. The maximum atomic E-state index is 13.2. The highest BCUT2D eigenvalue weighted by molar-refractivity contribution is 5.99. The van der Waals surface area contributed by atoms with E-state index in [4.69, 9.17) is 9.47 Å². The summed E-state index contributed by atoms with van der Waals surface area (Å²) in [6, 6.07) is 12.6. The Labute approximate surface area is 166 Å². The molecule has 2 aromatic carbocycles. The molecule has 1 aliphatic rings. The van der Waals surface area contributed by atoms with Crippen LogP contribution in [0, 0.1) is 5.82 Å². The highest BCUT2D eigenvalue weighted by Crippen LogP contribution is 2.28. The second-order valence-electron chi connectivity index (χ2n) is 6.75. The average Bonchev–Trinajstić information content (AvgIpc) is 3.35. The Morgan fingerprint density at radius 2 is 1.93 bits per heavy atom. The number of rotatable bonds is 6. The van der Waals surface area contributed by atoms with Gasteiger partial charge in [0.15, 0.2) is 18.1 Å². The number of halogens is 1. The number of hydrogen-bond acceptors (Lipinski definition) is 5. The van der Waals surface area contributed by atoms with Gasteiger partial charge in [0.2, 0.25) is 0 Å². The predicted molar refractivity (Wildman–Crippen MR) is 103 cm³/mol. The molecule has 1 aromatic heterocycles. The summed E-state index contributed by atoms with van der Waals surface area (Å²) >= 11 is 0. The summed E-state index contributed by atoms with van der Waals surface area (Å²) in [5, 5.41) is 4.40. The first kappa shape index (κ1) is 18.9. The van der Waals surface area contributed by atoms with Crippen molar-refractivity contribution in [1.82, 2.24) is 9.78 Å². The van der Waals surface area contributed by atoms with Crippen LogP contribution in [0.4, 0.5) is 4.39 Å². The van der Waals surface area contributed by atoms with E-state index in [9.17, 15) is 14.0 Å². The minimum absolute atomic E-state index is 0.209. The van der Waals surface area contributed by atoms with E-state index in [-0.39, 0.29) is 23.9 Å². The van der Waals surface area contributed by atoms with Gasteiger partial charge in [-0.1, -0.05) is 12.1 Å². The predicted octanol–water partition coefficient (Wildman–Crippen LogP) is 3.55. The molecule has 7 heteroatoms. The number of carbonyl (C=O) groups is 2. The van der Waals surface area contributed by atoms with Crippen LogP contribution in [0.25, 0.3) is 5.69 Å². The van der Waals surface area contributed by atoms with Crippen LogP contribution in [-0.4, -0.2) is 35.2 Å². The van der Waals surface area contributed by atoms with Crippen LogP contribution in [0.3, 0.4) is 0 Å². The van der Waals surface area contributed by atoms with Crippen LogP contribution >= 0.6 is 0 Å². The molecule has 4 rings (SSSR count). The SMILES string of the molecule is COc1cccc(C(=O)COC(=O)c2nn(-c3ccc(F)cc3)c3c2CCC3)c1.